The van der Waals surface area contributed by atoms with Crippen molar-refractivity contribution in [3.63, 3.8) is 0 Å². The van der Waals surface area contributed by atoms with Gasteiger partial charge in [0.15, 0.2) is 11.5 Å². The third-order valence-corrected chi connectivity index (χ3v) is 4.94. The lowest BCUT2D eigenvalue weighted by molar-refractivity contribution is 0.282. The molecule has 0 spiro atoms. The molecule has 0 unspecified atom stereocenters. The van der Waals surface area contributed by atoms with Crippen molar-refractivity contribution in [3.05, 3.63) is 77.4 Å². The smallest absolute Gasteiger partial charge is 0.204 e. The second-order valence-corrected chi connectivity index (χ2v) is 6.78. The highest BCUT2D eigenvalue weighted by Gasteiger charge is 2.22. The minimum absolute atomic E-state index is 0.0205. The van der Waals surface area contributed by atoms with Gasteiger partial charge in [-0.15, -0.1) is 0 Å². The fraction of sp³-hybridized carbons (Fsp3) is 0.280. The Balaban J connectivity index is 2.00. The van der Waals surface area contributed by atoms with E-state index in [9.17, 15) is 5.11 Å². The van der Waals surface area contributed by atoms with Crippen LogP contribution in [0.5, 0.6) is 17.2 Å². The van der Waals surface area contributed by atoms with E-state index in [2.05, 4.69) is 30.3 Å². The van der Waals surface area contributed by atoms with Crippen molar-refractivity contribution in [1.29, 1.82) is 0 Å². The molecule has 0 aromatic heterocycles. The molecular weight excluding hydrogens is 364 g/mol. The van der Waals surface area contributed by atoms with Gasteiger partial charge in [0, 0.05) is 17.2 Å². The van der Waals surface area contributed by atoms with Crippen molar-refractivity contribution >= 4 is 0 Å². The fourth-order valence-corrected chi connectivity index (χ4v) is 3.53. The molecule has 0 saturated heterocycles. The molecular formula is C25H27O4. The highest BCUT2D eigenvalue weighted by atomic mass is 16.5. The number of aryl methyl sites for hydroxylation is 2. The molecule has 0 fully saturated rings. The van der Waals surface area contributed by atoms with E-state index < -0.39 is 0 Å². The van der Waals surface area contributed by atoms with Crippen LogP contribution < -0.4 is 14.2 Å². The second kappa shape index (κ2) is 9.99. The first-order valence-electron chi connectivity index (χ1n) is 9.70. The van der Waals surface area contributed by atoms with Crippen LogP contribution in [0, 0.1) is 6.07 Å². The molecule has 0 amide bonds. The number of hydrogen-bond acceptors (Lipinski definition) is 4. The maximum Gasteiger partial charge on any atom is 0.204 e. The molecule has 1 radical (unpaired) electrons. The summed E-state index contributed by atoms with van der Waals surface area (Å²) in [6.07, 6.45) is 2.73. The number of hydrogen-bond donors (Lipinski definition) is 1. The zero-order chi connectivity index (χ0) is 20.6. The van der Waals surface area contributed by atoms with Crippen molar-refractivity contribution < 1.29 is 19.3 Å². The van der Waals surface area contributed by atoms with Gasteiger partial charge in [-0.1, -0.05) is 48.5 Å². The molecule has 0 heterocycles. The van der Waals surface area contributed by atoms with Gasteiger partial charge in [-0.25, -0.2) is 0 Å². The average Bonchev–Trinajstić information content (AvgIpc) is 2.78. The van der Waals surface area contributed by atoms with Crippen LogP contribution >= 0.6 is 0 Å². The second-order valence-electron chi connectivity index (χ2n) is 6.78. The van der Waals surface area contributed by atoms with Gasteiger partial charge in [0.1, 0.15) is 0 Å². The van der Waals surface area contributed by atoms with Gasteiger partial charge >= 0.3 is 0 Å². The first-order valence-corrected chi connectivity index (χ1v) is 9.70. The highest BCUT2D eigenvalue weighted by molar-refractivity contribution is 5.77. The summed E-state index contributed by atoms with van der Waals surface area (Å²) in [7, 11) is 4.86. The van der Waals surface area contributed by atoms with E-state index in [0.717, 1.165) is 41.5 Å². The monoisotopic (exact) mass is 391 g/mol. The zero-order valence-electron chi connectivity index (χ0n) is 17.2. The summed E-state index contributed by atoms with van der Waals surface area (Å²) in [4.78, 5) is 0. The topological polar surface area (TPSA) is 47.9 Å². The van der Waals surface area contributed by atoms with Crippen LogP contribution in [0.1, 0.15) is 23.1 Å². The van der Waals surface area contributed by atoms with Crippen LogP contribution in [0.4, 0.5) is 0 Å². The lowest BCUT2D eigenvalue weighted by Crippen LogP contribution is -2.02. The molecule has 4 nitrogen and oxygen atoms in total. The Labute approximate surface area is 172 Å². The fourth-order valence-electron chi connectivity index (χ4n) is 3.53. The van der Waals surface area contributed by atoms with Crippen LogP contribution in [0.15, 0.2) is 54.6 Å². The summed E-state index contributed by atoms with van der Waals surface area (Å²) in [6.45, 7) is -0.0205. The molecule has 4 heteroatoms. The SMILES string of the molecule is COc1c(CCCc2ccccc2)[c]c(-c2cccc(CO)c2)c(OC)c1OC. The molecule has 29 heavy (non-hydrogen) atoms. The molecule has 0 bridgehead atoms. The van der Waals surface area contributed by atoms with E-state index in [1.807, 2.05) is 30.3 Å². The third-order valence-electron chi connectivity index (χ3n) is 4.94. The van der Waals surface area contributed by atoms with Crippen LogP contribution in [-0.4, -0.2) is 26.4 Å². The lowest BCUT2D eigenvalue weighted by atomic mass is 9.95. The lowest BCUT2D eigenvalue weighted by Gasteiger charge is -2.19. The van der Waals surface area contributed by atoms with Gasteiger partial charge in [-0.3, -0.25) is 0 Å². The standard InChI is InChI=1S/C25H27O4/c1-27-23-21(14-7-11-18-9-5-4-6-10-18)16-22(24(28-2)25(23)29-3)20-13-8-12-19(15-20)17-26/h4-6,8-10,12-13,15,26H,7,11,14,17H2,1-3H3. The average molecular weight is 391 g/mol. The number of aliphatic hydroxyl groups is 1. The first-order chi connectivity index (χ1) is 14.2. The summed E-state index contributed by atoms with van der Waals surface area (Å²) in [5.41, 5.74) is 4.81. The van der Waals surface area contributed by atoms with Crippen molar-refractivity contribution in [2.75, 3.05) is 21.3 Å². The van der Waals surface area contributed by atoms with Crippen LogP contribution in [0.2, 0.25) is 0 Å². The van der Waals surface area contributed by atoms with Crippen LogP contribution in [0.3, 0.4) is 0 Å². The van der Waals surface area contributed by atoms with Crippen molar-refractivity contribution in [3.8, 4) is 28.4 Å². The van der Waals surface area contributed by atoms with Gasteiger partial charge < -0.3 is 19.3 Å². The number of ether oxygens (including phenoxy) is 3. The van der Waals surface area contributed by atoms with Crippen molar-refractivity contribution in [2.24, 2.45) is 0 Å². The van der Waals surface area contributed by atoms with Gasteiger partial charge in [-0.2, -0.15) is 0 Å². The quantitative estimate of drug-likeness (QED) is 0.567. The maximum absolute atomic E-state index is 9.51. The molecule has 0 saturated carbocycles. The zero-order valence-corrected chi connectivity index (χ0v) is 17.2. The number of methoxy groups -OCH3 is 3. The molecule has 0 atom stereocenters. The molecule has 1 N–H and O–H groups in total. The Morgan fingerprint density at radius 1 is 0.759 bits per heavy atom. The minimum Gasteiger partial charge on any atom is -0.492 e. The molecule has 0 aliphatic rings. The van der Waals surface area contributed by atoms with Crippen molar-refractivity contribution in [2.45, 2.75) is 25.9 Å². The van der Waals surface area contributed by atoms with Gasteiger partial charge in [-0.05, 0) is 42.0 Å². The van der Waals surface area contributed by atoms with E-state index in [-0.39, 0.29) is 6.61 Å². The summed E-state index contributed by atoms with van der Waals surface area (Å²) in [6, 6.07) is 21.7. The predicted molar refractivity (Wildman–Crippen MR) is 115 cm³/mol. The Kier molecular flexibility index (Phi) is 7.14. The summed E-state index contributed by atoms with van der Waals surface area (Å²) < 4.78 is 17.0. The summed E-state index contributed by atoms with van der Waals surface area (Å²) in [5, 5.41) is 9.51. The Hall–Kier alpha value is -2.98. The third kappa shape index (κ3) is 4.72. The Morgan fingerprint density at radius 3 is 2.10 bits per heavy atom. The summed E-state index contributed by atoms with van der Waals surface area (Å²) in [5.74, 6) is 1.79. The van der Waals surface area contributed by atoms with Gasteiger partial charge in [0.2, 0.25) is 5.75 Å². The van der Waals surface area contributed by atoms with E-state index in [1.54, 1.807) is 21.3 Å². The Bertz CT molecular complexity index is 935. The van der Waals surface area contributed by atoms with E-state index in [0.29, 0.717) is 17.2 Å². The van der Waals surface area contributed by atoms with E-state index >= 15 is 0 Å². The molecule has 3 aromatic rings. The predicted octanol–water partition coefficient (Wildman–Crippen LogP) is 4.85. The van der Waals surface area contributed by atoms with Crippen LogP contribution in [-0.2, 0) is 19.4 Å². The molecule has 0 aliphatic heterocycles. The number of aliphatic hydroxyl groups excluding tert-OH is 1. The highest BCUT2D eigenvalue weighted by Crippen LogP contribution is 2.46. The molecule has 0 aliphatic carbocycles. The van der Waals surface area contributed by atoms with Crippen LogP contribution in [0.25, 0.3) is 11.1 Å². The van der Waals surface area contributed by atoms with Crippen molar-refractivity contribution in [1.82, 2.24) is 0 Å². The molecule has 3 rings (SSSR count). The minimum atomic E-state index is -0.0205. The number of rotatable bonds is 9. The summed E-state index contributed by atoms with van der Waals surface area (Å²) >= 11 is 0. The van der Waals surface area contributed by atoms with E-state index in [4.69, 9.17) is 14.2 Å². The van der Waals surface area contributed by atoms with Gasteiger partial charge in [0.25, 0.3) is 0 Å². The first kappa shape index (κ1) is 20.7. The van der Waals surface area contributed by atoms with Gasteiger partial charge in [0.05, 0.1) is 27.9 Å². The largest absolute Gasteiger partial charge is 0.492 e. The molecule has 3 aromatic carbocycles. The Morgan fingerprint density at radius 2 is 1.45 bits per heavy atom. The van der Waals surface area contributed by atoms with E-state index in [1.165, 1.54) is 5.56 Å². The molecule has 151 valence electrons. The number of benzene rings is 3. The maximum atomic E-state index is 9.51. The normalized spacial score (nSPS) is 10.6.